The number of carbonyl (C=O) groups is 7. The number of carbonyl (C=O) groups excluding carboxylic acids is 7. The summed E-state index contributed by atoms with van der Waals surface area (Å²) in [6, 6.07) is 4.14. The molecule has 0 spiro atoms. The van der Waals surface area contributed by atoms with Crippen LogP contribution in [0.5, 0.6) is 0 Å². The van der Waals surface area contributed by atoms with E-state index < -0.39 is 35.3 Å². The molecule has 14 heteroatoms. The van der Waals surface area contributed by atoms with Crippen LogP contribution in [-0.4, -0.2) is 71.6 Å². The predicted octanol–water partition coefficient (Wildman–Crippen LogP) is 3.13. The first-order valence-corrected chi connectivity index (χ1v) is 17.1. The zero-order valence-corrected chi connectivity index (χ0v) is 29.7. The summed E-state index contributed by atoms with van der Waals surface area (Å²) in [6.45, 7) is 11.4. The number of nitrogens with one attached hydrogen (secondary N) is 4. The van der Waals surface area contributed by atoms with E-state index >= 15 is 0 Å². The van der Waals surface area contributed by atoms with Crippen molar-refractivity contribution in [1.29, 1.82) is 0 Å². The molecule has 0 radical (unpaired) electrons. The van der Waals surface area contributed by atoms with E-state index in [1.165, 1.54) is 4.90 Å². The number of likely N-dealkylation sites (tertiary alicyclic amines) is 1. The van der Waals surface area contributed by atoms with Gasteiger partial charge in [-0.25, -0.2) is 4.79 Å². The van der Waals surface area contributed by atoms with Crippen molar-refractivity contribution in [3.05, 3.63) is 29.8 Å². The largest absolute Gasteiger partial charge is 0.460 e. The summed E-state index contributed by atoms with van der Waals surface area (Å²) in [6.07, 6.45) is 3.30. The summed E-state index contributed by atoms with van der Waals surface area (Å²) in [4.78, 5) is 88.4. The van der Waals surface area contributed by atoms with Gasteiger partial charge in [-0.05, 0) is 76.5 Å². The highest BCUT2D eigenvalue weighted by Crippen LogP contribution is 2.23. The molecule has 2 rings (SSSR count). The number of anilines is 1. The molecule has 272 valence electrons. The van der Waals surface area contributed by atoms with Gasteiger partial charge < -0.3 is 31.7 Å². The summed E-state index contributed by atoms with van der Waals surface area (Å²) >= 11 is 0. The number of primary amides is 1. The fraction of sp³-hybridized carbons (Fsp3) is 0.629. The lowest BCUT2D eigenvalue weighted by atomic mass is 9.97. The monoisotopic (exact) mass is 686 g/mol. The second-order valence-electron chi connectivity index (χ2n) is 13.8. The molecule has 1 aliphatic heterocycles. The van der Waals surface area contributed by atoms with E-state index in [1.807, 2.05) is 6.92 Å². The zero-order valence-electron chi connectivity index (χ0n) is 29.7. The number of urea groups is 1. The molecule has 0 bridgehead atoms. The third-order valence-electron chi connectivity index (χ3n) is 8.19. The van der Waals surface area contributed by atoms with Crippen LogP contribution >= 0.6 is 0 Å². The number of ether oxygens (including phenoxy) is 1. The number of hydrogen-bond donors (Lipinski definition) is 5. The van der Waals surface area contributed by atoms with Gasteiger partial charge in [0.2, 0.25) is 29.5 Å². The maximum absolute atomic E-state index is 13.4. The minimum absolute atomic E-state index is 0.0816. The maximum Gasteiger partial charge on any atom is 0.312 e. The van der Waals surface area contributed by atoms with E-state index in [9.17, 15) is 33.6 Å². The molecule has 0 aliphatic carbocycles. The van der Waals surface area contributed by atoms with Gasteiger partial charge in [0.1, 0.15) is 18.7 Å². The van der Waals surface area contributed by atoms with Gasteiger partial charge in [-0.1, -0.05) is 39.3 Å². The lowest BCUT2D eigenvalue weighted by Gasteiger charge is -2.25. The Bertz CT molecular complexity index is 1320. The van der Waals surface area contributed by atoms with E-state index in [4.69, 9.17) is 10.5 Å². The molecule has 0 saturated carbocycles. The molecular formula is C35H54N6O8. The number of amides is 7. The Labute approximate surface area is 289 Å². The number of benzene rings is 1. The van der Waals surface area contributed by atoms with Crippen LogP contribution in [0, 0.1) is 17.3 Å². The van der Waals surface area contributed by atoms with Crippen LogP contribution in [0.3, 0.4) is 0 Å². The normalized spacial score (nSPS) is 15.8. The number of nitrogens with zero attached hydrogens (tertiary/aromatic N) is 1. The van der Waals surface area contributed by atoms with Crippen LogP contribution in [0.15, 0.2) is 24.3 Å². The molecule has 0 aromatic heterocycles. The summed E-state index contributed by atoms with van der Waals surface area (Å²) in [7, 11) is 0. The van der Waals surface area contributed by atoms with Crippen LogP contribution in [0.1, 0.15) is 98.5 Å². The third kappa shape index (κ3) is 13.9. The topological polar surface area (TPSA) is 206 Å². The molecule has 2 unspecified atom stereocenters. The van der Waals surface area contributed by atoms with Gasteiger partial charge in [0.25, 0.3) is 0 Å². The van der Waals surface area contributed by atoms with E-state index in [0.717, 1.165) is 5.56 Å². The molecule has 3 atom stereocenters. The number of nitrogens with two attached hydrogens (primary N) is 1. The molecule has 1 heterocycles. The second kappa shape index (κ2) is 19.5. The van der Waals surface area contributed by atoms with Crippen LogP contribution < -0.4 is 27.0 Å². The lowest BCUT2D eigenvalue weighted by Crippen LogP contribution is -2.54. The summed E-state index contributed by atoms with van der Waals surface area (Å²) < 4.78 is 5.33. The van der Waals surface area contributed by atoms with Crippen molar-refractivity contribution >= 4 is 47.2 Å². The van der Waals surface area contributed by atoms with Crippen LogP contribution in [0.4, 0.5) is 10.5 Å². The minimum Gasteiger partial charge on any atom is -0.460 e. The van der Waals surface area contributed by atoms with Gasteiger partial charge in [0, 0.05) is 37.5 Å². The predicted molar refractivity (Wildman–Crippen MR) is 183 cm³/mol. The summed E-state index contributed by atoms with van der Waals surface area (Å²) in [5, 5.41) is 10.8. The molecule has 1 aromatic rings. The van der Waals surface area contributed by atoms with Gasteiger partial charge in [-0.2, -0.15) is 0 Å². The third-order valence-corrected chi connectivity index (χ3v) is 8.19. The van der Waals surface area contributed by atoms with E-state index in [-0.39, 0.29) is 67.9 Å². The molecule has 7 amide bonds. The fourth-order valence-electron chi connectivity index (χ4n) is 5.15. The zero-order chi connectivity index (χ0) is 36.7. The highest BCUT2D eigenvalue weighted by Gasteiger charge is 2.36. The second-order valence-corrected chi connectivity index (χ2v) is 13.8. The first-order valence-electron chi connectivity index (χ1n) is 17.1. The molecule has 1 aliphatic rings. The smallest absolute Gasteiger partial charge is 0.312 e. The standard InChI is InChI=1S/C35H54N6O8/c1-7-24-20-28(43)41(32(24)46)19-10-8-9-13-27(42)40-29(22(2)3)31(45)39-26(12-11-18-37-34(36)48)30(44)38-25-16-14-23(15-17-25)21-49-33(47)35(4,5)6/h14-17,22,24,26,29H,7-13,18-21H2,1-6H3,(H,38,44)(H,39,45)(H,40,42)(H3,36,37,48)/t24?,26-,29?/m0/s1. The van der Waals surface area contributed by atoms with Gasteiger partial charge in [-0.15, -0.1) is 0 Å². The highest BCUT2D eigenvalue weighted by molar-refractivity contribution is 6.03. The van der Waals surface area contributed by atoms with Crippen molar-refractivity contribution in [1.82, 2.24) is 20.9 Å². The molecule has 1 saturated heterocycles. The summed E-state index contributed by atoms with van der Waals surface area (Å²) in [5.41, 5.74) is 5.71. The Balaban J connectivity index is 1.95. The Morgan fingerprint density at radius 2 is 1.63 bits per heavy atom. The Kier molecular flexibility index (Phi) is 16.2. The van der Waals surface area contributed by atoms with E-state index in [1.54, 1.807) is 58.9 Å². The number of unbranched alkanes of at least 4 members (excludes halogenated alkanes) is 2. The van der Waals surface area contributed by atoms with Gasteiger partial charge >= 0.3 is 12.0 Å². The van der Waals surface area contributed by atoms with Gasteiger partial charge in [-0.3, -0.25) is 33.7 Å². The SMILES string of the molecule is CCC1CC(=O)N(CCCCCC(=O)NC(C(=O)N[C@@H](CCCNC(N)=O)C(=O)Nc2ccc(COC(=O)C(C)(C)C)cc2)C(C)C)C1=O. The molecule has 1 fully saturated rings. The van der Waals surface area contributed by atoms with E-state index in [0.29, 0.717) is 44.3 Å². The fourth-order valence-corrected chi connectivity index (χ4v) is 5.15. The Hall–Kier alpha value is -4.49. The molecule has 49 heavy (non-hydrogen) atoms. The van der Waals surface area contributed by atoms with Crippen molar-refractivity contribution in [2.75, 3.05) is 18.4 Å². The number of esters is 1. The van der Waals surface area contributed by atoms with Crippen LogP contribution in [0.25, 0.3) is 0 Å². The Morgan fingerprint density at radius 3 is 2.20 bits per heavy atom. The van der Waals surface area contributed by atoms with Crippen LogP contribution in [-0.2, 0) is 40.1 Å². The van der Waals surface area contributed by atoms with Crippen molar-refractivity contribution in [3.8, 4) is 0 Å². The highest BCUT2D eigenvalue weighted by atomic mass is 16.5. The number of rotatable bonds is 19. The van der Waals surface area contributed by atoms with Crippen molar-refractivity contribution in [3.63, 3.8) is 0 Å². The molecular weight excluding hydrogens is 632 g/mol. The van der Waals surface area contributed by atoms with Gasteiger partial charge in [0.05, 0.1) is 5.41 Å². The summed E-state index contributed by atoms with van der Waals surface area (Å²) in [5.74, 6) is -2.48. The number of hydrogen-bond acceptors (Lipinski definition) is 8. The number of imide groups is 1. The average molecular weight is 687 g/mol. The van der Waals surface area contributed by atoms with Crippen molar-refractivity contribution < 1.29 is 38.3 Å². The van der Waals surface area contributed by atoms with Crippen molar-refractivity contribution in [2.24, 2.45) is 23.0 Å². The quantitative estimate of drug-likeness (QED) is 0.0828. The average Bonchev–Trinajstić information content (AvgIpc) is 3.31. The van der Waals surface area contributed by atoms with Crippen molar-refractivity contribution in [2.45, 2.75) is 112 Å². The Morgan fingerprint density at radius 1 is 0.959 bits per heavy atom. The van der Waals surface area contributed by atoms with Crippen LogP contribution in [0.2, 0.25) is 0 Å². The van der Waals surface area contributed by atoms with Gasteiger partial charge in [0.15, 0.2) is 0 Å². The molecule has 14 nitrogen and oxygen atoms in total. The first-order chi connectivity index (χ1) is 23.0. The molecule has 1 aromatic carbocycles. The minimum atomic E-state index is -0.990. The van der Waals surface area contributed by atoms with E-state index in [2.05, 4.69) is 21.3 Å². The lowest BCUT2D eigenvalue weighted by molar-refractivity contribution is -0.154. The molecule has 6 N–H and O–H groups in total. The first kappa shape index (κ1) is 40.7. The maximum atomic E-state index is 13.4.